The molecule has 0 aliphatic carbocycles. The number of hydrogen-bond acceptors (Lipinski definition) is 2. The highest BCUT2D eigenvalue weighted by atomic mass is 19.3. The summed E-state index contributed by atoms with van der Waals surface area (Å²) in [5.41, 5.74) is 2.36. The van der Waals surface area contributed by atoms with Crippen molar-refractivity contribution >= 4 is 0 Å². The lowest BCUT2D eigenvalue weighted by Crippen LogP contribution is -2.25. The molecule has 0 fully saturated rings. The Bertz CT molecular complexity index is 329. The van der Waals surface area contributed by atoms with Crippen molar-refractivity contribution in [2.24, 2.45) is 0 Å². The standard InChI is InChI=1S/C13H20F2N2/c1-16-8-7-11-5-3-4-6-12(11)9-17(2)10-13(14)15/h3-6,13,16H,7-10H2,1-2H3. The highest BCUT2D eigenvalue weighted by Crippen LogP contribution is 2.12. The van der Waals surface area contributed by atoms with Gasteiger partial charge in [-0.15, -0.1) is 0 Å². The van der Waals surface area contributed by atoms with Crippen LogP contribution in [0.15, 0.2) is 24.3 Å². The van der Waals surface area contributed by atoms with E-state index in [1.165, 1.54) is 5.56 Å². The Labute approximate surface area is 102 Å². The number of alkyl halides is 2. The van der Waals surface area contributed by atoms with Gasteiger partial charge in [-0.3, -0.25) is 4.90 Å². The zero-order valence-electron chi connectivity index (χ0n) is 10.4. The van der Waals surface area contributed by atoms with Crippen LogP contribution in [0, 0.1) is 0 Å². The molecular formula is C13H20F2N2. The van der Waals surface area contributed by atoms with Gasteiger partial charge in [-0.2, -0.15) is 0 Å². The highest BCUT2D eigenvalue weighted by molar-refractivity contribution is 5.27. The molecule has 0 bridgehead atoms. The van der Waals surface area contributed by atoms with Gasteiger partial charge in [0, 0.05) is 6.54 Å². The van der Waals surface area contributed by atoms with Crippen LogP contribution in [0.1, 0.15) is 11.1 Å². The molecule has 0 unspecified atom stereocenters. The first-order valence-corrected chi connectivity index (χ1v) is 5.81. The minimum Gasteiger partial charge on any atom is -0.319 e. The molecule has 0 radical (unpaired) electrons. The van der Waals surface area contributed by atoms with Gasteiger partial charge in [0.05, 0.1) is 6.54 Å². The Balaban J connectivity index is 2.62. The number of nitrogens with one attached hydrogen (secondary N) is 1. The molecule has 0 amide bonds. The summed E-state index contributed by atoms with van der Waals surface area (Å²) < 4.78 is 24.5. The molecule has 0 aliphatic heterocycles. The van der Waals surface area contributed by atoms with Crippen LogP contribution in [0.3, 0.4) is 0 Å². The normalized spacial score (nSPS) is 11.4. The Hall–Kier alpha value is -1.00. The molecule has 1 N–H and O–H groups in total. The van der Waals surface area contributed by atoms with Crippen LogP contribution in [0.5, 0.6) is 0 Å². The number of hydrogen-bond donors (Lipinski definition) is 1. The third-order valence-electron chi connectivity index (χ3n) is 2.65. The minimum absolute atomic E-state index is 0.180. The summed E-state index contributed by atoms with van der Waals surface area (Å²) in [5, 5.41) is 3.10. The topological polar surface area (TPSA) is 15.3 Å². The maximum atomic E-state index is 12.2. The second kappa shape index (κ2) is 7.35. The first kappa shape index (κ1) is 14.1. The fourth-order valence-electron chi connectivity index (χ4n) is 1.81. The van der Waals surface area contributed by atoms with Crippen LogP contribution < -0.4 is 5.32 Å². The Morgan fingerprint density at radius 1 is 1.24 bits per heavy atom. The maximum absolute atomic E-state index is 12.2. The summed E-state index contributed by atoms with van der Waals surface area (Å²) >= 11 is 0. The van der Waals surface area contributed by atoms with Crippen LogP contribution in [0.4, 0.5) is 8.78 Å². The van der Waals surface area contributed by atoms with E-state index in [0.29, 0.717) is 6.54 Å². The smallest absolute Gasteiger partial charge is 0.251 e. The Morgan fingerprint density at radius 3 is 2.47 bits per heavy atom. The molecule has 96 valence electrons. The summed E-state index contributed by atoms with van der Waals surface area (Å²) in [5.74, 6) is 0. The first-order chi connectivity index (χ1) is 8.13. The van der Waals surface area contributed by atoms with Crippen molar-refractivity contribution in [2.75, 3.05) is 27.2 Å². The lowest BCUT2D eigenvalue weighted by molar-refractivity contribution is 0.0974. The lowest BCUT2D eigenvalue weighted by atomic mass is 10.0. The van der Waals surface area contributed by atoms with Crippen LogP contribution in [0.25, 0.3) is 0 Å². The van der Waals surface area contributed by atoms with E-state index in [4.69, 9.17) is 0 Å². The van der Waals surface area contributed by atoms with Crippen molar-refractivity contribution < 1.29 is 8.78 Å². The van der Waals surface area contributed by atoms with E-state index >= 15 is 0 Å². The number of benzene rings is 1. The molecule has 17 heavy (non-hydrogen) atoms. The fourth-order valence-corrected chi connectivity index (χ4v) is 1.81. The SMILES string of the molecule is CNCCc1ccccc1CN(C)CC(F)F. The van der Waals surface area contributed by atoms with Crippen LogP contribution in [-0.4, -0.2) is 38.5 Å². The molecule has 0 heterocycles. The molecule has 0 spiro atoms. The second-order valence-electron chi connectivity index (χ2n) is 4.21. The van der Waals surface area contributed by atoms with Crippen molar-refractivity contribution in [2.45, 2.75) is 19.4 Å². The van der Waals surface area contributed by atoms with E-state index in [-0.39, 0.29) is 6.54 Å². The van der Waals surface area contributed by atoms with E-state index in [2.05, 4.69) is 11.4 Å². The quantitative estimate of drug-likeness (QED) is 0.788. The summed E-state index contributed by atoms with van der Waals surface area (Å²) in [7, 11) is 3.63. The average molecular weight is 242 g/mol. The number of rotatable bonds is 7. The van der Waals surface area contributed by atoms with Gasteiger partial charge in [-0.05, 0) is 38.2 Å². The van der Waals surface area contributed by atoms with Crippen LogP contribution in [0.2, 0.25) is 0 Å². The third kappa shape index (κ3) is 5.24. The van der Waals surface area contributed by atoms with Gasteiger partial charge in [-0.1, -0.05) is 24.3 Å². The van der Waals surface area contributed by atoms with E-state index in [0.717, 1.165) is 18.5 Å². The molecule has 4 heteroatoms. The molecule has 0 aromatic heterocycles. The molecule has 1 aromatic rings. The third-order valence-corrected chi connectivity index (χ3v) is 2.65. The van der Waals surface area contributed by atoms with Crippen LogP contribution >= 0.6 is 0 Å². The Morgan fingerprint density at radius 2 is 1.88 bits per heavy atom. The van der Waals surface area contributed by atoms with Gasteiger partial charge in [-0.25, -0.2) is 8.78 Å². The van der Waals surface area contributed by atoms with Crippen LogP contribution in [-0.2, 0) is 13.0 Å². The number of nitrogens with zero attached hydrogens (tertiary/aromatic N) is 1. The second-order valence-corrected chi connectivity index (χ2v) is 4.21. The molecule has 1 aromatic carbocycles. The molecule has 0 saturated heterocycles. The predicted octanol–water partition coefficient (Wildman–Crippen LogP) is 2.15. The van der Waals surface area contributed by atoms with E-state index in [9.17, 15) is 8.78 Å². The highest BCUT2D eigenvalue weighted by Gasteiger charge is 2.09. The Kier molecular flexibility index (Phi) is 6.08. The largest absolute Gasteiger partial charge is 0.319 e. The zero-order chi connectivity index (χ0) is 12.7. The van der Waals surface area contributed by atoms with E-state index in [1.807, 2.05) is 25.2 Å². The zero-order valence-corrected chi connectivity index (χ0v) is 10.4. The van der Waals surface area contributed by atoms with Gasteiger partial charge in [0.1, 0.15) is 0 Å². The maximum Gasteiger partial charge on any atom is 0.251 e. The molecule has 1 rings (SSSR count). The summed E-state index contributed by atoms with van der Waals surface area (Å²) in [6.45, 7) is 1.29. The van der Waals surface area contributed by atoms with Gasteiger partial charge in [0.15, 0.2) is 0 Å². The van der Waals surface area contributed by atoms with E-state index in [1.54, 1.807) is 11.9 Å². The summed E-state index contributed by atoms with van der Waals surface area (Å²) in [6.07, 6.45) is -1.35. The van der Waals surface area contributed by atoms with Crippen molar-refractivity contribution in [1.29, 1.82) is 0 Å². The number of likely N-dealkylation sites (N-methyl/N-ethyl adjacent to an activating group) is 1. The van der Waals surface area contributed by atoms with Gasteiger partial charge < -0.3 is 5.32 Å². The fraction of sp³-hybridized carbons (Fsp3) is 0.538. The molecule has 0 atom stereocenters. The van der Waals surface area contributed by atoms with Crippen molar-refractivity contribution in [3.8, 4) is 0 Å². The van der Waals surface area contributed by atoms with E-state index < -0.39 is 6.43 Å². The van der Waals surface area contributed by atoms with Gasteiger partial charge in [0.25, 0.3) is 6.43 Å². The minimum atomic E-state index is -2.27. The van der Waals surface area contributed by atoms with Gasteiger partial charge in [0.2, 0.25) is 0 Å². The lowest BCUT2D eigenvalue weighted by Gasteiger charge is -2.18. The predicted molar refractivity (Wildman–Crippen MR) is 66.4 cm³/mol. The van der Waals surface area contributed by atoms with Crippen molar-refractivity contribution in [3.05, 3.63) is 35.4 Å². The van der Waals surface area contributed by atoms with Gasteiger partial charge >= 0.3 is 0 Å². The molecular weight excluding hydrogens is 222 g/mol. The average Bonchev–Trinajstić information content (AvgIpc) is 2.26. The monoisotopic (exact) mass is 242 g/mol. The molecule has 0 saturated carbocycles. The number of halogens is 2. The molecule has 2 nitrogen and oxygen atoms in total. The summed E-state index contributed by atoms with van der Waals surface area (Å²) in [6, 6.07) is 8.01. The van der Waals surface area contributed by atoms with Crippen molar-refractivity contribution in [1.82, 2.24) is 10.2 Å². The van der Waals surface area contributed by atoms with Crippen molar-refractivity contribution in [3.63, 3.8) is 0 Å². The summed E-state index contributed by atoms with van der Waals surface area (Å²) in [4.78, 5) is 1.66. The molecule has 0 aliphatic rings. The first-order valence-electron chi connectivity index (χ1n) is 5.81.